The zero-order valence-corrected chi connectivity index (χ0v) is 9.52. The van der Waals surface area contributed by atoms with E-state index in [1.807, 2.05) is 24.3 Å². The second kappa shape index (κ2) is 4.26. The number of hydrogen-bond donors (Lipinski definition) is 1. The maximum absolute atomic E-state index is 12.2. The number of ketones is 1. The Balaban J connectivity index is 1.95. The molecule has 0 saturated carbocycles. The molecule has 86 valence electrons. The lowest BCUT2D eigenvalue weighted by Crippen LogP contribution is -2.42. The van der Waals surface area contributed by atoms with Gasteiger partial charge >= 0.3 is 0 Å². The monoisotopic (exact) mass is 226 g/mol. The standard InChI is InChI=1S/C14H14N2O/c17-14(5-10-6-15-7-10)13-9-16-8-11-3-1-2-4-12(11)13/h1-4,8-10,15H,5-7H2. The van der Waals surface area contributed by atoms with Crippen molar-refractivity contribution in [2.75, 3.05) is 13.1 Å². The molecule has 1 aromatic carbocycles. The number of rotatable bonds is 3. The molecule has 2 aromatic rings. The summed E-state index contributed by atoms with van der Waals surface area (Å²) >= 11 is 0. The highest BCUT2D eigenvalue weighted by atomic mass is 16.1. The van der Waals surface area contributed by atoms with E-state index in [-0.39, 0.29) is 5.78 Å². The smallest absolute Gasteiger partial charge is 0.165 e. The first-order valence-corrected chi connectivity index (χ1v) is 5.91. The van der Waals surface area contributed by atoms with Crippen LogP contribution in [0.2, 0.25) is 0 Å². The predicted octanol–water partition coefficient (Wildman–Crippen LogP) is 2.03. The van der Waals surface area contributed by atoms with Gasteiger partial charge in [-0.15, -0.1) is 0 Å². The Bertz CT molecular complexity index is 556. The van der Waals surface area contributed by atoms with Gasteiger partial charge in [-0.25, -0.2) is 0 Å². The maximum atomic E-state index is 12.2. The number of carbonyl (C=O) groups is 1. The quantitative estimate of drug-likeness (QED) is 0.814. The summed E-state index contributed by atoms with van der Waals surface area (Å²) in [6.07, 6.45) is 4.12. The van der Waals surface area contributed by atoms with Crippen molar-refractivity contribution >= 4 is 16.6 Å². The lowest BCUT2D eigenvalue weighted by atomic mass is 9.93. The number of carbonyl (C=O) groups excluding carboxylic acids is 1. The number of hydrogen-bond acceptors (Lipinski definition) is 3. The minimum Gasteiger partial charge on any atom is -0.316 e. The van der Waals surface area contributed by atoms with Gasteiger partial charge in [-0.2, -0.15) is 0 Å². The van der Waals surface area contributed by atoms with Crippen LogP contribution in [0.1, 0.15) is 16.8 Å². The number of pyridine rings is 1. The van der Waals surface area contributed by atoms with E-state index >= 15 is 0 Å². The Morgan fingerprint density at radius 1 is 1.29 bits per heavy atom. The summed E-state index contributed by atoms with van der Waals surface area (Å²) in [6, 6.07) is 7.91. The van der Waals surface area contributed by atoms with E-state index in [0.717, 1.165) is 29.4 Å². The fourth-order valence-corrected chi connectivity index (χ4v) is 2.20. The van der Waals surface area contributed by atoms with Crippen molar-refractivity contribution in [3.05, 3.63) is 42.2 Å². The number of nitrogens with one attached hydrogen (secondary N) is 1. The summed E-state index contributed by atoms with van der Waals surface area (Å²) in [5.74, 6) is 0.710. The Labute approximate surface area is 99.9 Å². The average Bonchev–Trinajstić information content (AvgIpc) is 2.33. The van der Waals surface area contributed by atoms with Gasteiger partial charge < -0.3 is 5.32 Å². The van der Waals surface area contributed by atoms with Crippen LogP contribution in [0.5, 0.6) is 0 Å². The fourth-order valence-electron chi connectivity index (χ4n) is 2.20. The molecule has 3 rings (SSSR count). The van der Waals surface area contributed by atoms with E-state index in [1.54, 1.807) is 12.4 Å². The summed E-state index contributed by atoms with van der Waals surface area (Å²) < 4.78 is 0. The molecule has 0 radical (unpaired) electrons. The van der Waals surface area contributed by atoms with Crippen LogP contribution < -0.4 is 5.32 Å². The van der Waals surface area contributed by atoms with Crippen LogP contribution in [0, 0.1) is 5.92 Å². The van der Waals surface area contributed by atoms with Gasteiger partial charge in [0.2, 0.25) is 0 Å². The van der Waals surface area contributed by atoms with E-state index in [2.05, 4.69) is 10.3 Å². The summed E-state index contributed by atoms with van der Waals surface area (Å²) in [4.78, 5) is 16.3. The third kappa shape index (κ3) is 1.94. The highest BCUT2D eigenvalue weighted by Crippen LogP contribution is 2.20. The highest BCUT2D eigenvalue weighted by molar-refractivity contribution is 6.07. The van der Waals surface area contributed by atoms with E-state index in [4.69, 9.17) is 0 Å². The van der Waals surface area contributed by atoms with Crippen molar-refractivity contribution < 1.29 is 4.79 Å². The molecule has 1 aliphatic rings. The molecule has 0 amide bonds. The normalized spacial score (nSPS) is 15.8. The van der Waals surface area contributed by atoms with Gasteiger partial charge in [-0.1, -0.05) is 24.3 Å². The van der Waals surface area contributed by atoms with Crippen LogP contribution in [-0.2, 0) is 0 Å². The van der Waals surface area contributed by atoms with Crippen molar-refractivity contribution in [1.29, 1.82) is 0 Å². The molecule has 17 heavy (non-hydrogen) atoms. The molecule has 1 fully saturated rings. The lowest BCUT2D eigenvalue weighted by Gasteiger charge is -2.26. The first-order chi connectivity index (χ1) is 8.34. The van der Waals surface area contributed by atoms with E-state index in [0.29, 0.717) is 12.3 Å². The molecule has 1 saturated heterocycles. The van der Waals surface area contributed by atoms with Gasteiger partial charge in [0.15, 0.2) is 5.78 Å². The first kappa shape index (κ1) is 10.4. The zero-order valence-electron chi connectivity index (χ0n) is 9.52. The van der Waals surface area contributed by atoms with Crippen molar-refractivity contribution in [2.45, 2.75) is 6.42 Å². The molecule has 0 atom stereocenters. The molecule has 0 spiro atoms. The summed E-state index contributed by atoms with van der Waals surface area (Å²) in [5, 5.41) is 5.23. The van der Waals surface area contributed by atoms with E-state index < -0.39 is 0 Å². The molecule has 2 heterocycles. The SMILES string of the molecule is O=C(CC1CNC1)c1cncc2ccccc12. The molecule has 0 bridgehead atoms. The lowest BCUT2D eigenvalue weighted by molar-refractivity contribution is 0.0947. The van der Waals surface area contributed by atoms with E-state index in [9.17, 15) is 4.79 Å². The van der Waals surface area contributed by atoms with Crippen LogP contribution in [0.4, 0.5) is 0 Å². The average molecular weight is 226 g/mol. The predicted molar refractivity (Wildman–Crippen MR) is 67.1 cm³/mol. The van der Waals surface area contributed by atoms with Gasteiger partial charge in [0, 0.05) is 29.8 Å². The second-order valence-electron chi connectivity index (χ2n) is 4.56. The number of Topliss-reactive ketones (excluding diaryl/α,β-unsaturated/α-hetero) is 1. The van der Waals surface area contributed by atoms with Gasteiger partial charge in [-0.3, -0.25) is 9.78 Å². The summed E-state index contributed by atoms with van der Waals surface area (Å²) in [6.45, 7) is 1.92. The molecule has 1 aromatic heterocycles. The van der Waals surface area contributed by atoms with Crippen LogP contribution in [-0.4, -0.2) is 23.9 Å². The maximum Gasteiger partial charge on any atom is 0.165 e. The Hall–Kier alpha value is -1.74. The van der Waals surface area contributed by atoms with Crippen LogP contribution in [0.25, 0.3) is 10.8 Å². The molecule has 1 aliphatic heterocycles. The minimum absolute atomic E-state index is 0.209. The van der Waals surface area contributed by atoms with E-state index in [1.165, 1.54) is 0 Å². The second-order valence-corrected chi connectivity index (χ2v) is 4.56. The van der Waals surface area contributed by atoms with Gasteiger partial charge in [0.1, 0.15) is 0 Å². The molecule has 1 N–H and O–H groups in total. The van der Waals surface area contributed by atoms with Gasteiger partial charge in [0.05, 0.1) is 0 Å². The molecule has 0 unspecified atom stereocenters. The molecular weight excluding hydrogens is 212 g/mol. The Morgan fingerprint density at radius 3 is 2.88 bits per heavy atom. The topological polar surface area (TPSA) is 42.0 Å². The van der Waals surface area contributed by atoms with Crippen LogP contribution in [0.15, 0.2) is 36.7 Å². The molecule has 0 aliphatic carbocycles. The van der Waals surface area contributed by atoms with Crippen LogP contribution in [0.3, 0.4) is 0 Å². The third-order valence-corrected chi connectivity index (χ3v) is 3.31. The van der Waals surface area contributed by atoms with Gasteiger partial charge in [-0.05, 0) is 24.4 Å². The van der Waals surface area contributed by atoms with Crippen molar-refractivity contribution in [3.8, 4) is 0 Å². The number of nitrogens with zero attached hydrogens (tertiary/aromatic N) is 1. The number of fused-ring (bicyclic) bond motifs is 1. The Morgan fingerprint density at radius 2 is 2.12 bits per heavy atom. The molecule has 3 nitrogen and oxygen atoms in total. The molecular formula is C14H14N2O. The van der Waals surface area contributed by atoms with Crippen molar-refractivity contribution in [3.63, 3.8) is 0 Å². The number of aromatic nitrogens is 1. The molecule has 3 heteroatoms. The van der Waals surface area contributed by atoms with Crippen molar-refractivity contribution in [1.82, 2.24) is 10.3 Å². The largest absolute Gasteiger partial charge is 0.316 e. The number of benzene rings is 1. The first-order valence-electron chi connectivity index (χ1n) is 5.91. The van der Waals surface area contributed by atoms with Gasteiger partial charge in [0.25, 0.3) is 0 Å². The Kier molecular flexibility index (Phi) is 2.61. The highest BCUT2D eigenvalue weighted by Gasteiger charge is 2.21. The summed E-state index contributed by atoms with van der Waals surface area (Å²) in [7, 11) is 0. The van der Waals surface area contributed by atoms with Crippen molar-refractivity contribution in [2.24, 2.45) is 5.92 Å². The van der Waals surface area contributed by atoms with Crippen LogP contribution >= 0.6 is 0 Å². The minimum atomic E-state index is 0.209. The third-order valence-electron chi connectivity index (χ3n) is 3.31. The summed E-state index contributed by atoms with van der Waals surface area (Å²) in [5.41, 5.74) is 0.759. The zero-order chi connectivity index (χ0) is 11.7. The fraction of sp³-hybridized carbons (Fsp3) is 0.286.